The van der Waals surface area contributed by atoms with Crippen molar-refractivity contribution in [3.8, 4) is 0 Å². The highest BCUT2D eigenvalue weighted by molar-refractivity contribution is 7.98. The van der Waals surface area contributed by atoms with Gasteiger partial charge in [0.05, 0.1) is 13.2 Å². The number of likely N-dealkylation sites (tertiary alicyclic amines) is 1. The summed E-state index contributed by atoms with van der Waals surface area (Å²) in [6, 6.07) is 5.27. The van der Waals surface area contributed by atoms with Crippen LogP contribution in [0.2, 0.25) is 0 Å². The summed E-state index contributed by atoms with van der Waals surface area (Å²) in [5.41, 5.74) is 0.611. The van der Waals surface area contributed by atoms with Crippen molar-refractivity contribution in [3.63, 3.8) is 0 Å². The summed E-state index contributed by atoms with van der Waals surface area (Å²) in [7, 11) is 0. The highest BCUT2D eigenvalue weighted by Gasteiger charge is 2.43. The molecule has 1 aliphatic carbocycles. The van der Waals surface area contributed by atoms with E-state index in [1.54, 1.807) is 12.1 Å². The molecule has 0 aromatic heterocycles. The Morgan fingerprint density at radius 3 is 2.79 bits per heavy atom. The van der Waals surface area contributed by atoms with E-state index < -0.39 is 6.09 Å². The number of carboxylic acid groups (broad SMARTS) is 1. The van der Waals surface area contributed by atoms with Crippen LogP contribution in [0.5, 0.6) is 0 Å². The molecule has 0 bridgehead atoms. The molecule has 6 heteroatoms. The number of hydrogen-bond acceptors (Lipinski definition) is 3. The number of carbonyl (C=O) groups is 1. The lowest BCUT2D eigenvalue weighted by Gasteiger charge is -2.30. The second-order valence-electron chi connectivity index (χ2n) is 6.74. The number of halogens is 1. The van der Waals surface area contributed by atoms with E-state index in [0.29, 0.717) is 49.6 Å². The van der Waals surface area contributed by atoms with Crippen LogP contribution in [-0.4, -0.2) is 42.1 Å². The topological polar surface area (TPSA) is 49.8 Å². The Bertz CT molecular complexity index is 590. The Balaban J connectivity index is 1.38. The fraction of sp³-hybridized carbons (Fsp3) is 0.611. The summed E-state index contributed by atoms with van der Waals surface area (Å²) < 4.78 is 19.6. The molecule has 0 unspecified atom stereocenters. The normalized spacial score (nSPS) is 24.2. The highest BCUT2D eigenvalue weighted by Crippen LogP contribution is 2.48. The molecular weight excluding hydrogens is 329 g/mol. The second kappa shape index (κ2) is 7.74. The van der Waals surface area contributed by atoms with Crippen molar-refractivity contribution in [2.75, 3.05) is 26.0 Å². The van der Waals surface area contributed by atoms with Gasteiger partial charge in [-0.1, -0.05) is 6.07 Å². The molecule has 1 aromatic carbocycles. The van der Waals surface area contributed by atoms with Crippen molar-refractivity contribution >= 4 is 17.9 Å². The van der Waals surface area contributed by atoms with Crippen LogP contribution < -0.4 is 0 Å². The summed E-state index contributed by atoms with van der Waals surface area (Å²) in [5, 5.41) is 8.98. The van der Waals surface area contributed by atoms with Gasteiger partial charge in [0, 0.05) is 23.5 Å². The average molecular weight is 353 g/mol. The molecule has 1 aromatic rings. The molecule has 2 aliphatic rings. The fourth-order valence-electron chi connectivity index (χ4n) is 3.65. The summed E-state index contributed by atoms with van der Waals surface area (Å²) in [5.74, 6) is 1.63. The second-order valence-corrected chi connectivity index (χ2v) is 7.62. The minimum absolute atomic E-state index is 0.199. The molecule has 0 spiro atoms. The third kappa shape index (κ3) is 4.22. The van der Waals surface area contributed by atoms with Crippen LogP contribution in [0.25, 0.3) is 0 Å². The van der Waals surface area contributed by atoms with Gasteiger partial charge in [-0.25, -0.2) is 9.18 Å². The van der Waals surface area contributed by atoms with Crippen LogP contribution in [0.1, 0.15) is 24.8 Å². The lowest BCUT2D eigenvalue weighted by Crippen LogP contribution is -2.38. The van der Waals surface area contributed by atoms with Gasteiger partial charge in [-0.3, -0.25) is 0 Å². The zero-order chi connectivity index (χ0) is 17.1. The zero-order valence-corrected chi connectivity index (χ0v) is 14.7. The number of ether oxygens (including phenoxy) is 1. The maximum absolute atomic E-state index is 13.9. The maximum atomic E-state index is 13.9. The number of hydrogen-bond donors (Lipinski definition) is 1. The van der Waals surface area contributed by atoms with Crippen molar-refractivity contribution in [1.29, 1.82) is 0 Å². The lowest BCUT2D eigenvalue weighted by atomic mass is 9.91. The van der Waals surface area contributed by atoms with Crippen LogP contribution in [-0.2, 0) is 11.3 Å². The number of amides is 1. The Morgan fingerprint density at radius 2 is 2.17 bits per heavy atom. The third-order valence-electron chi connectivity index (χ3n) is 5.24. The molecule has 132 valence electrons. The van der Waals surface area contributed by atoms with E-state index in [1.165, 1.54) is 16.7 Å². The standard InChI is InChI=1S/C18H24FNO3S/c1-24-15-3-2-13(17(19)9-15)10-23-11-14-8-16(14)12-4-6-20(7-5-12)18(21)22/h2-3,9,12,14,16H,4-8,10-11H2,1H3,(H,21,22)/t14-,16+/m0/s1. The van der Waals surface area contributed by atoms with Crippen LogP contribution in [0, 0.1) is 23.6 Å². The van der Waals surface area contributed by atoms with E-state index in [-0.39, 0.29) is 5.82 Å². The van der Waals surface area contributed by atoms with Crippen molar-refractivity contribution in [3.05, 3.63) is 29.6 Å². The number of piperidine rings is 1. The van der Waals surface area contributed by atoms with Gasteiger partial charge in [0.15, 0.2) is 0 Å². The van der Waals surface area contributed by atoms with Crippen molar-refractivity contribution in [2.24, 2.45) is 17.8 Å². The summed E-state index contributed by atoms with van der Waals surface area (Å²) >= 11 is 1.53. The Labute approximate surface area is 146 Å². The summed E-state index contributed by atoms with van der Waals surface area (Å²) in [6.45, 7) is 2.29. The number of nitrogens with zero attached hydrogens (tertiary/aromatic N) is 1. The van der Waals surface area contributed by atoms with Gasteiger partial charge in [-0.2, -0.15) is 0 Å². The van der Waals surface area contributed by atoms with Crippen molar-refractivity contribution < 1.29 is 19.0 Å². The Kier molecular flexibility index (Phi) is 5.66. The lowest BCUT2D eigenvalue weighted by molar-refractivity contribution is 0.0952. The first kappa shape index (κ1) is 17.5. The van der Waals surface area contributed by atoms with E-state index in [2.05, 4.69) is 0 Å². The average Bonchev–Trinajstić information content (AvgIpc) is 3.36. The van der Waals surface area contributed by atoms with Gasteiger partial charge in [-0.05, 0) is 55.4 Å². The predicted molar refractivity (Wildman–Crippen MR) is 91.8 cm³/mol. The van der Waals surface area contributed by atoms with E-state index in [1.807, 2.05) is 12.3 Å². The number of benzene rings is 1. The number of rotatable bonds is 6. The van der Waals surface area contributed by atoms with Crippen molar-refractivity contribution in [1.82, 2.24) is 4.90 Å². The molecule has 1 N–H and O–H groups in total. The monoisotopic (exact) mass is 353 g/mol. The molecular formula is C18H24FNO3S. The van der Waals surface area contributed by atoms with E-state index in [0.717, 1.165) is 24.2 Å². The first-order valence-corrected chi connectivity index (χ1v) is 9.69. The van der Waals surface area contributed by atoms with Crippen LogP contribution >= 0.6 is 11.8 Å². The fourth-order valence-corrected chi connectivity index (χ4v) is 4.08. The van der Waals surface area contributed by atoms with Gasteiger partial charge in [0.1, 0.15) is 5.82 Å². The zero-order valence-electron chi connectivity index (χ0n) is 13.9. The molecule has 4 nitrogen and oxygen atoms in total. The van der Waals surface area contributed by atoms with Gasteiger partial charge >= 0.3 is 6.09 Å². The largest absolute Gasteiger partial charge is 0.465 e. The van der Waals surface area contributed by atoms with E-state index in [4.69, 9.17) is 9.84 Å². The minimum atomic E-state index is -0.807. The SMILES string of the molecule is CSc1ccc(COC[C@@H]2C[C@@H]2C2CCN(C(=O)O)CC2)c(F)c1. The smallest absolute Gasteiger partial charge is 0.407 e. The molecule has 2 fully saturated rings. The maximum Gasteiger partial charge on any atom is 0.407 e. The molecule has 1 amide bonds. The summed E-state index contributed by atoms with van der Waals surface area (Å²) in [6.07, 6.45) is 4.19. The van der Waals surface area contributed by atoms with Gasteiger partial charge in [-0.15, -0.1) is 11.8 Å². The Morgan fingerprint density at radius 1 is 1.42 bits per heavy atom. The molecule has 1 saturated carbocycles. The Hall–Kier alpha value is -1.27. The van der Waals surface area contributed by atoms with Gasteiger partial charge in [0.2, 0.25) is 0 Å². The molecule has 1 saturated heterocycles. The van der Waals surface area contributed by atoms with Gasteiger partial charge < -0.3 is 14.7 Å². The van der Waals surface area contributed by atoms with Gasteiger partial charge in [0.25, 0.3) is 0 Å². The minimum Gasteiger partial charge on any atom is -0.465 e. The first-order chi connectivity index (χ1) is 11.6. The van der Waals surface area contributed by atoms with Crippen LogP contribution in [0.4, 0.5) is 9.18 Å². The van der Waals surface area contributed by atoms with Crippen molar-refractivity contribution in [2.45, 2.75) is 30.8 Å². The molecule has 1 heterocycles. The van der Waals surface area contributed by atoms with E-state index >= 15 is 0 Å². The summed E-state index contributed by atoms with van der Waals surface area (Å²) in [4.78, 5) is 13.4. The predicted octanol–water partition coefficient (Wildman–Crippen LogP) is 4.09. The first-order valence-electron chi connectivity index (χ1n) is 8.46. The molecule has 24 heavy (non-hydrogen) atoms. The third-order valence-corrected chi connectivity index (χ3v) is 5.97. The van der Waals surface area contributed by atoms with E-state index in [9.17, 15) is 9.18 Å². The van der Waals surface area contributed by atoms with Crippen LogP contribution in [0.15, 0.2) is 23.1 Å². The molecule has 2 atom stereocenters. The highest BCUT2D eigenvalue weighted by atomic mass is 32.2. The molecule has 0 radical (unpaired) electrons. The molecule has 1 aliphatic heterocycles. The quantitative estimate of drug-likeness (QED) is 0.783. The number of thioether (sulfide) groups is 1. The molecule has 3 rings (SSSR count). The van der Waals surface area contributed by atoms with Crippen LogP contribution in [0.3, 0.4) is 0 Å².